The van der Waals surface area contributed by atoms with Crippen molar-refractivity contribution in [3.05, 3.63) is 208 Å². The van der Waals surface area contributed by atoms with Gasteiger partial charge in [0.25, 0.3) is 0 Å². The molecule has 1 N–H and O–H groups in total. The molecule has 0 amide bonds. The molecule has 10 heterocycles. The predicted molar refractivity (Wildman–Crippen MR) is 418 cm³/mol. The van der Waals surface area contributed by atoms with E-state index in [1.165, 1.54) is 33.7 Å². The molecule has 15 nitrogen and oxygen atoms in total. The molecule has 548 valence electrons. The molecule has 23 heteroatoms. The van der Waals surface area contributed by atoms with Crippen molar-refractivity contribution < 1.29 is 47.0 Å². The van der Waals surface area contributed by atoms with Crippen LogP contribution in [0.15, 0.2) is 163 Å². The number of pyridine rings is 4. The minimum Gasteiger partial charge on any atom is -0.574 e. The zero-order chi connectivity index (χ0) is 74.0. The molecule has 1 atom stereocenters. The molecule has 8 aromatic heterocycles. The van der Waals surface area contributed by atoms with Crippen molar-refractivity contribution in [2.24, 2.45) is 23.7 Å². The van der Waals surface area contributed by atoms with Crippen molar-refractivity contribution >= 4 is 55.1 Å². The Labute approximate surface area is 629 Å². The molecule has 2 aromatic carbocycles. The van der Waals surface area contributed by atoms with E-state index < -0.39 is 11.9 Å². The Morgan fingerprint density at radius 2 is 1.00 bits per heavy atom. The van der Waals surface area contributed by atoms with E-state index in [1.54, 1.807) is 12.3 Å². The normalized spacial score (nSPS) is 14.4. The van der Waals surface area contributed by atoms with Gasteiger partial charge < -0.3 is 34.4 Å². The largest absolute Gasteiger partial charge is 2.00 e. The van der Waals surface area contributed by atoms with Crippen LogP contribution in [0.1, 0.15) is 154 Å². The quantitative estimate of drug-likeness (QED) is 0.0582. The third-order valence-corrected chi connectivity index (χ3v) is 19.7. The molecule has 12 rings (SSSR count). The summed E-state index contributed by atoms with van der Waals surface area (Å²) in [5.74, 6) is 2.50. The van der Waals surface area contributed by atoms with Crippen molar-refractivity contribution in [3.63, 3.8) is 0 Å². The van der Waals surface area contributed by atoms with Gasteiger partial charge in [-0.1, -0.05) is 109 Å². The topological polar surface area (TPSA) is 180 Å². The number of nitrogens with one attached hydrogen (secondary N) is 1. The zero-order valence-corrected chi connectivity index (χ0v) is 69.3. The fourth-order valence-electron chi connectivity index (χ4n) is 10.7. The molecule has 0 spiro atoms. The average molecular weight is 1670 g/mol. The third-order valence-electron chi connectivity index (χ3n) is 16.3. The maximum Gasteiger partial charge on any atom is 2.00 e. The maximum atomic E-state index is 12.4. The Hall–Kier alpha value is -6.41. The number of aromatic nitrogens is 12. The SMILES string of the molecule is CC(C)Cc1ccnc(-c2cc(C(F)(F)F)n[n-]2)c1.CC(C)Cc1ccnc(Br)c1.C[PH+](C)c1ccccc1.C[PH+](C)c1ccccc1.Cc1cc(-c2cc(CC(C)C)ccn2)[n-]n1.Cc1cc(-c2cc(CC(C)C)ccn2)n[nH]1.Cc1cc(B2OC(C)(C)C(C)(C)O2)n(C2CCCCO2)n1.[Os+2]. The molecule has 0 aliphatic carbocycles. The Bertz CT molecular complexity index is 3880. The summed E-state index contributed by atoms with van der Waals surface area (Å²) in [5.41, 5.74) is 11.5. The van der Waals surface area contributed by atoms with Crippen LogP contribution in [0.2, 0.25) is 0 Å². The number of alkyl halides is 3. The van der Waals surface area contributed by atoms with Crippen molar-refractivity contribution in [2.45, 2.75) is 172 Å². The Morgan fingerprint density at radius 3 is 1.38 bits per heavy atom. The van der Waals surface area contributed by atoms with E-state index in [4.69, 9.17) is 14.0 Å². The molecule has 0 bridgehead atoms. The van der Waals surface area contributed by atoms with Crippen molar-refractivity contribution in [3.8, 4) is 34.2 Å². The van der Waals surface area contributed by atoms with E-state index in [0.29, 0.717) is 29.4 Å². The average Bonchev–Trinajstić information content (AvgIpc) is 1.61. The Morgan fingerprint density at radius 1 is 0.559 bits per heavy atom. The second-order valence-electron chi connectivity index (χ2n) is 28.7. The molecule has 10 aromatic rings. The maximum absolute atomic E-state index is 12.4. The van der Waals surface area contributed by atoms with Crippen molar-refractivity contribution in [1.82, 2.24) is 60.3 Å². The monoisotopic (exact) mass is 1670 g/mol. The predicted octanol–water partition coefficient (Wildman–Crippen LogP) is 17.7. The number of H-pyrrole nitrogens is 1. The first-order valence-corrected chi connectivity index (χ1v) is 40.8. The number of hydrogen-bond donors (Lipinski definition) is 1. The fourth-order valence-corrected chi connectivity index (χ4v) is 12.8. The third kappa shape index (κ3) is 29.3. The summed E-state index contributed by atoms with van der Waals surface area (Å²) in [7, 11) is -0.812. The van der Waals surface area contributed by atoms with Crippen molar-refractivity contribution in [2.75, 3.05) is 33.3 Å². The van der Waals surface area contributed by atoms with Gasteiger partial charge in [0.2, 0.25) is 0 Å². The van der Waals surface area contributed by atoms with Gasteiger partial charge in [0.1, 0.15) is 22.2 Å². The molecule has 1 unspecified atom stereocenters. The van der Waals surface area contributed by atoms with Gasteiger partial charge in [-0.25, -0.2) is 9.67 Å². The van der Waals surface area contributed by atoms with Gasteiger partial charge in [0.15, 0.2) is 0 Å². The van der Waals surface area contributed by atoms with Gasteiger partial charge in [0.05, 0.1) is 65.5 Å². The van der Waals surface area contributed by atoms with Gasteiger partial charge in [-0.05, 0) is 246 Å². The van der Waals surface area contributed by atoms with Gasteiger partial charge in [-0.3, -0.25) is 20.1 Å². The number of nitrogens with zero attached hydrogens (tertiary/aromatic N) is 11. The van der Waals surface area contributed by atoms with Gasteiger partial charge >= 0.3 is 33.1 Å². The number of benzene rings is 2. The van der Waals surface area contributed by atoms with E-state index in [2.05, 4.69) is 278 Å². The number of ether oxygens (including phenoxy) is 1. The molecule has 0 saturated carbocycles. The molecule has 102 heavy (non-hydrogen) atoms. The molecular weight excluding hydrogens is 1560 g/mol. The van der Waals surface area contributed by atoms with Crippen LogP contribution >= 0.6 is 31.8 Å². The minimum atomic E-state index is -4.47. The molecular formula is C79H107BBrF3N12O3OsP2+2. The van der Waals surface area contributed by atoms with Gasteiger partial charge in [-0.2, -0.15) is 23.4 Å². The second kappa shape index (κ2) is 41.9. The smallest absolute Gasteiger partial charge is 0.574 e. The second-order valence-corrected chi connectivity index (χ2v) is 34.7. The van der Waals surface area contributed by atoms with Crippen LogP contribution in [0.25, 0.3) is 34.2 Å². The van der Waals surface area contributed by atoms with E-state index in [0.717, 1.165) is 107 Å². The summed E-state index contributed by atoms with van der Waals surface area (Å²) in [6, 6.07) is 44.4. The van der Waals surface area contributed by atoms with Crippen LogP contribution in [0.4, 0.5) is 13.2 Å². The Balaban J connectivity index is 0.000000218. The van der Waals surface area contributed by atoms with E-state index in [-0.39, 0.29) is 65.9 Å². The number of aryl methyl sites for hydroxylation is 3. The van der Waals surface area contributed by atoms with Crippen LogP contribution < -0.4 is 26.4 Å². The van der Waals surface area contributed by atoms with E-state index in [1.807, 2.05) is 68.3 Å². The van der Waals surface area contributed by atoms with Crippen LogP contribution in [0.3, 0.4) is 0 Å². The first kappa shape index (κ1) is 86.2. The molecule has 0 radical (unpaired) electrons. The summed E-state index contributed by atoms with van der Waals surface area (Å²) < 4.78 is 58.4. The summed E-state index contributed by atoms with van der Waals surface area (Å²) in [6.07, 6.45) is 10.1. The standard InChI is InChI=1S/C15H25BN2O3.C13H13F3N3.C13H17N3.C13H16N3.C9H12BrN.2C8H11P.Os/c1-11-10-12(16-20-14(2,3)15(4,5)21-16)18(17-11)13-8-6-7-9-19-13;1-8(2)5-9-3-4-17-10(6-9)11-7-12(19-18-11)13(14,15)16;2*1-9(2)6-11-4-5-14-12(8-11)13-7-10(3)15-16-13;1-7(2)5-8-3-4-11-9(10)6-8;2*1-9(2)8-6-4-3-5-7-8;/h10,13H,6-9H2,1-5H3;3-4,6-8H,5H2,1-2H3;4-5,7-9H,6H2,1-3H3,(H,15,16);4-5,7-9H,6H2,1-3H3;3-4,6-7H,5H2,1-2H3;2*3-7H,1-2H3;/q;-1;;-1;;;;+2/p+2. The molecule has 2 saturated heterocycles. The summed E-state index contributed by atoms with van der Waals surface area (Å²) in [5, 5.41) is 29.6. The first-order chi connectivity index (χ1) is 47.7. The number of aromatic amines is 1. The van der Waals surface area contributed by atoms with E-state index in [9.17, 15) is 13.2 Å². The van der Waals surface area contributed by atoms with Crippen LogP contribution in [-0.2, 0) is 65.7 Å². The van der Waals surface area contributed by atoms with E-state index >= 15 is 0 Å². The van der Waals surface area contributed by atoms with Gasteiger partial charge in [0, 0.05) is 70.0 Å². The number of rotatable bonds is 15. The fraction of sp³-hybridized carbons (Fsp3) is 0.443. The Kier molecular flexibility index (Phi) is 35.4. The number of hydrogen-bond acceptors (Lipinski definition) is 11. The molecule has 2 fully saturated rings. The van der Waals surface area contributed by atoms with Crippen LogP contribution in [0.5, 0.6) is 0 Å². The van der Waals surface area contributed by atoms with Crippen LogP contribution in [0, 0.1) is 44.4 Å². The van der Waals surface area contributed by atoms with Crippen LogP contribution in [-0.4, -0.2) is 102 Å². The van der Waals surface area contributed by atoms with Gasteiger partial charge in [-0.15, -0.1) is 0 Å². The minimum absolute atomic E-state index is 0. The molecule has 2 aliphatic heterocycles. The zero-order valence-electron chi connectivity index (χ0n) is 63.1. The summed E-state index contributed by atoms with van der Waals surface area (Å²) >= 11 is 3.34. The molecule has 2 aliphatic rings. The van der Waals surface area contributed by atoms with Crippen molar-refractivity contribution in [1.29, 1.82) is 0 Å². The summed E-state index contributed by atoms with van der Waals surface area (Å²) in [6.45, 7) is 41.7. The number of halogens is 4. The first-order valence-electron chi connectivity index (χ1n) is 35.0. The summed E-state index contributed by atoms with van der Waals surface area (Å²) in [4.78, 5) is 16.8.